The summed E-state index contributed by atoms with van der Waals surface area (Å²) >= 11 is 0. The number of nitrogen functional groups attached to an aromatic ring is 1. The van der Waals surface area contributed by atoms with E-state index in [1.807, 2.05) is 31.1 Å². The zero-order valence-corrected chi connectivity index (χ0v) is 13.3. The molecule has 24 heavy (non-hydrogen) atoms. The smallest absolute Gasteiger partial charge is 0.233 e. The molecule has 0 aliphatic carbocycles. The number of anilines is 1. The van der Waals surface area contributed by atoms with Crippen molar-refractivity contribution in [2.75, 3.05) is 19.8 Å². The lowest BCUT2D eigenvalue weighted by molar-refractivity contribution is 0.396. The first kappa shape index (κ1) is 15.9. The molecule has 3 aromatic rings. The first-order valence-corrected chi connectivity index (χ1v) is 7.26. The predicted octanol–water partition coefficient (Wildman–Crippen LogP) is 2.24. The summed E-state index contributed by atoms with van der Waals surface area (Å²) in [5.41, 5.74) is 6.73. The van der Waals surface area contributed by atoms with E-state index in [2.05, 4.69) is 15.1 Å². The quantitative estimate of drug-likeness (QED) is 0.773. The standard InChI is InChI=1S/C16H17FN6O/c1-22(2)10-11-3-4-12(9-19-11)24-13-7-15(18)20-16(8-13)23-6-5-14(17)21-23/h3-9H,10H2,1-2H3,(H2,18,20). The molecule has 0 unspecified atom stereocenters. The Kier molecular flexibility index (Phi) is 4.39. The van der Waals surface area contributed by atoms with Crippen LogP contribution >= 0.6 is 0 Å². The molecule has 0 atom stereocenters. The molecule has 7 nitrogen and oxygen atoms in total. The van der Waals surface area contributed by atoms with Crippen LogP contribution in [0.15, 0.2) is 42.7 Å². The average molecular weight is 328 g/mol. The van der Waals surface area contributed by atoms with Crippen LogP contribution in [0.4, 0.5) is 10.2 Å². The third-order valence-corrected chi connectivity index (χ3v) is 3.11. The van der Waals surface area contributed by atoms with Crippen LogP contribution in [0.1, 0.15) is 5.69 Å². The minimum Gasteiger partial charge on any atom is -0.455 e. The Morgan fingerprint density at radius 3 is 2.67 bits per heavy atom. The summed E-state index contributed by atoms with van der Waals surface area (Å²) in [6.45, 7) is 0.748. The lowest BCUT2D eigenvalue weighted by Gasteiger charge is -2.11. The van der Waals surface area contributed by atoms with E-state index in [0.717, 1.165) is 12.2 Å². The van der Waals surface area contributed by atoms with Gasteiger partial charge in [0.1, 0.15) is 17.3 Å². The van der Waals surface area contributed by atoms with Crippen LogP contribution in [0.5, 0.6) is 11.5 Å². The highest BCUT2D eigenvalue weighted by Gasteiger charge is 2.07. The molecular formula is C16H17FN6O. The van der Waals surface area contributed by atoms with Gasteiger partial charge in [-0.15, -0.1) is 5.10 Å². The van der Waals surface area contributed by atoms with Crippen LogP contribution in [-0.4, -0.2) is 38.7 Å². The fourth-order valence-corrected chi connectivity index (χ4v) is 2.14. The van der Waals surface area contributed by atoms with Gasteiger partial charge in [-0.25, -0.2) is 9.67 Å². The fraction of sp³-hybridized carbons (Fsp3) is 0.188. The highest BCUT2D eigenvalue weighted by Crippen LogP contribution is 2.24. The van der Waals surface area contributed by atoms with Gasteiger partial charge >= 0.3 is 0 Å². The first-order valence-electron chi connectivity index (χ1n) is 7.26. The molecule has 3 aromatic heterocycles. The lowest BCUT2D eigenvalue weighted by atomic mass is 10.3. The summed E-state index contributed by atoms with van der Waals surface area (Å²) < 4.78 is 20.1. The van der Waals surface area contributed by atoms with Crippen molar-refractivity contribution in [2.45, 2.75) is 6.54 Å². The number of hydrogen-bond donors (Lipinski definition) is 1. The maximum absolute atomic E-state index is 13.1. The molecule has 124 valence electrons. The van der Waals surface area contributed by atoms with Crippen LogP contribution in [0.2, 0.25) is 0 Å². The number of rotatable bonds is 5. The molecular weight excluding hydrogens is 311 g/mol. The van der Waals surface area contributed by atoms with Crippen molar-refractivity contribution in [3.63, 3.8) is 0 Å². The molecule has 0 aliphatic rings. The van der Waals surface area contributed by atoms with Crippen molar-refractivity contribution in [2.24, 2.45) is 0 Å². The van der Waals surface area contributed by atoms with Crippen molar-refractivity contribution in [3.05, 3.63) is 54.4 Å². The van der Waals surface area contributed by atoms with Crippen LogP contribution in [0.25, 0.3) is 5.82 Å². The van der Waals surface area contributed by atoms with Gasteiger partial charge in [0.15, 0.2) is 5.82 Å². The van der Waals surface area contributed by atoms with Crippen LogP contribution < -0.4 is 10.5 Å². The van der Waals surface area contributed by atoms with Gasteiger partial charge in [0, 0.05) is 30.9 Å². The largest absolute Gasteiger partial charge is 0.455 e. The van der Waals surface area contributed by atoms with Gasteiger partial charge in [-0.1, -0.05) is 0 Å². The van der Waals surface area contributed by atoms with E-state index in [9.17, 15) is 4.39 Å². The van der Waals surface area contributed by atoms with Crippen molar-refractivity contribution >= 4 is 5.82 Å². The first-order chi connectivity index (χ1) is 11.5. The molecule has 0 fully saturated rings. The molecule has 3 rings (SSSR count). The minimum absolute atomic E-state index is 0.246. The number of aromatic nitrogens is 4. The van der Waals surface area contributed by atoms with Crippen LogP contribution in [0, 0.1) is 5.95 Å². The number of pyridine rings is 2. The number of ether oxygens (including phenoxy) is 1. The Balaban J connectivity index is 1.81. The van der Waals surface area contributed by atoms with Crippen molar-refractivity contribution in [1.29, 1.82) is 0 Å². The highest BCUT2D eigenvalue weighted by atomic mass is 19.1. The Labute approximate surface area is 138 Å². The number of halogens is 1. The lowest BCUT2D eigenvalue weighted by Crippen LogP contribution is -2.11. The number of hydrogen-bond acceptors (Lipinski definition) is 6. The second-order valence-corrected chi connectivity index (χ2v) is 5.49. The number of nitrogens with zero attached hydrogens (tertiary/aromatic N) is 5. The van der Waals surface area contributed by atoms with E-state index in [4.69, 9.17) is 10.5 Å². The topological polar surface area (TPSA) is 82.1 Å². The second kappa shape index (κ2) is 6.63. The maximum atomic E-state index is 13.1. The molecule has 0 aliphatic heterocycles. The van der Waals surface area contributed by atoms with Gasteiger partial charge in [0.2, 0.25) is 5.95 Å². The highest BCUT2D eigenvalue weighted by molar-refractivity contribution is 5.45. The summed E-state index contributed by atoms with van der Waals surface area (Å²) in [6.07, 6.45) is 3.10. The fourth-order valence-electron chi connectivity index (χ4n) is 2.14. The minimum atomic E-state index is -0.595. The molecule has 2 N–H and O–H groups in total. The van der Waals surface area contributed by atoms with Gasteiger partial charge < -0.3 is 15.4 Å². The monoisotopic (exact) mass is 328 g/mol. The van der Waals surface area contributed by atoms with Gasteiger partial charge in [-0.2, -0.15) is 4.39 Å². The molecule has 3 heterocycles. The average Bonchev–Trinajstić information content (AvgIpc) is 2.95. The summed E-state index contributed by atoms with van der Waals surface area (Å²) in [5, 5.41) is 3.67. The molecule has 0 aromatic carbocycles. The van der Waals surface area contributed by atoms with Crippen molar-refractivity contribution < 1.29 is 9.13 Å². The van der Waals surface area contributed by atoms with Gasteiger partial charge in [-0.05, 0) is 26.2 Å². The van der Waals surface area contributed by atoms with E-state index in [-0.39, 0.29) is 5.82 Å². The summed E-state index contributed by atoms with van der Waals surface area (Å²) in [5.74, 6) is 1.06. The van der Waals surface area contributed by atoms with E-state index in [1.54, 1.807) is 18.3 Å². The third kappa shape index (κ3) is 3.85. The molecule has 8 heteroatoms. The Morgan fingerprint density at radius 2 is 2.04 bits per heavy atom. The zero-order chi connectivity index (χ0) is 17.1. The van der Waals surface area contributed by atoms with Crippen molar-refractivity contribution in [3.8, 4) is 17.3 Å². The molecule has 0 bridgehead atoms. The zero-order valence-electron chi connectivity index (χ0n) is 13.3. The van der Waals surface area contributed by atoms with Crippen LogP contribution in [-0.2, 0) is 6.54 Å². The van der Waals surface area contributed by atoms with E-state index in [1.165, 1.54) is 16.9 Å². The number of nitrogens with two attached hydrogens (primary N) is 1. The van der Waals surface area contributed by atoms with Gasteiger partial charge in [-0.3, -0.25) is 4.98 Å². The third-order valence-electron chi connectivity index (χ3n) is 3.11. The Bertz CT molecular complexity index is 831. The Hall–Kier alpha value is -3.00. The molecule has 0 amide bonds. The summed E-state index contributed by atoms with van der Waals surface area (Å²) in [6, 6.07) is 8.16. The van der Waals surface area contributed by atoms with E-state index < -0.39 is 5.95 Å². The second-order valence-electron chi connectivity index (χ2n) is 5.49. The van der Waals surface area contributed by atoms with Crippen molar-refractivity contribution in [1.82, 2.24) is 24.6 Å². The molecule has 0 radical (unpaired) electrons. The molecule has 0 saturated heterocycles. The van der Waals surface area contributed by atoms with Gasteiger partial charge in [0.25, 0.3) is 0 Å². The molecule has 0 spiro atoms. The summed E-state index contributed by atoms with van der Waals surface area (Å²) in [7, 11) is 3.96. The molecule has 0 saturated carbocycles. The summed E-state index contributed by atoms with van der Waals surface area (Å²) in [4.78, 5) is 10.5. The maximum Gasteiger partial charge on any atom is 0.233 e. The SMILES string of the molecule is CN(C)Cc1ccc(Oc2cc(N)nc(-n3ccc(F)n3)c2)cn1. The van der Waals surface area contributed by atoms with Gasteiger partial charge in [0.05, 0.1) is 11.9 Å². The predicted molar refractivity (Wildman–Crippen MR) is 87.4 cm³/mol. The van der Waals surface area contributed by atoms with E-state index >= 15 is 0 Å². The van der Waals surface area contributed by atoms with Crippen LogP contribution in [0.3, 0.4) is 0 Å². The Morgan fingerprint density at radius 1 is 1.21 bits per heavy atom. The normalized spacial score (nSPS) is 11.0. The van der Waals surface area contributed by atoms with E-state index in [0.29, 0.717) is 17.3 Å².